The lowest BCUT2D eigenvalue weighted by Crippen LogP contribution is -2.18. The summed E-state index contributed by atoms with van der Waals surface area (Å²) in [6.07, 6.45) is 0. The lowest BCUT2D eigenvalue weighted by molar-refractivity contribution is 0.269. The second kappa shape index (κ2) is 8.39. The Balaban J connectivity index is 1.67. The topological polar surface area (TPSA) is 100 Å². The summed E-state index contributed by atoms with van der Waals surface area (Å²) < 4.78 is 11.6. The molecule has 1 aromatic heterocycles. The van der Waals surface area contributed by atoms with Crippen LogP contribution in [-0.4, -0.2) is 26.9 Å². The standard InChI is InChI=1S/C17H19ClN6O2/c1-2-25-16-9-13(10-20-24-17(19)21-22-23-24)5-8-15(16)26-11-12-3-6-14(18)7-4-12/h3-9,20H,2,10-11H2,1H3,(H2,19,21,23). The quantitative estimate of drug-likeness (QED) is 0.625. The number of ether oxygens (including phenoxy) is 2. The smallest absolute Gasteiger partial charge is 0.260 e. The number of hydrogen-bond donors (Lipinski definition) is 2. The van der Waals surface area contributed by atoms with E-state index in [1.165, 1.54) is 4.79 Å². The summed E-state index contributed by atoms with van der Waals surface area (Å²) in [5.41, 5.74) is 10.6. The van der Waals surface area contributed by atoms with Gasteiger partial charge in [-0.2, -0.15) is 0 Å². The average molecular weight is 375 g/mol. The molecule has 0 aliphatic heterocycles. The highest BCUT2D eigenvalue weighted by Crippen LogP contribution is 2.29. The van der Waals surface area contributed by atoms with Crippen molar-refractivity contribution in [3.63, 3.8) is 0 Å². The molecule has 0 saturated carbocycles. The van der Waals surface area contributed by atoms with Crippen LogP contribution < -0.4 is 20.6 Å². The van der Waals surface area contributed by atoms with E-state index in [1.54, 1.807) is 0 Å². The third-order valence-electron chi connectivity index (χ3n) is 3.54. The van der Waals surface area contributed by atoms with Crippen molar-refractivity contribution >= 4 is 17.5 Å². The first-order chi connectivity index (χ1) is 12.7. The molecule has 0 aliphatic carbocycles. The second-order valence-corrected chi connectivity index (χ2v) is 5.85. The number of rotatable bonds is 8. The predicted molar refractivity (Wildman–Crippen MR) is 98.7 cm³/mol. The van der Waals surface area contributed by atoms with Crippen LogP contribution in [0.15, 0.2) is 42.5 Å². The van der Waals surface area contributed by atoms with Crippen molar-refractivity contribution in [1.29, 1.82) is 0 Å². The van der Waals surface area contributed by atoms with Gasteiger partial charge in [0.1, 0.15) is 6.61 Å². The molecular weight excluding hydrogens is 356 g/mol. The van der Waals surface area contributed by atoms with Gasteiger partial charge in [0.15, 0.2) is 11.5 Å². The normalized spacial score (nSPS) is 10.5. The zero-order chi connectivity index (χ0) is 18.4. The van der Waals surface area contributed by atoms with Gasteiger partial charge in [0.05, 0.1) is 13.2 Å². The summed E-state index contributed by atoms with van der Waals surface area (Å²) in [7, 11) is 0. The zero-order valence-corrected chi connectivity index (χ0v) is 15.0. The van der Waals surface area contributed by atoms with Gasteiger partial charge < -0.3 is 20.6 Å². The van der Waals surface area contributed by atoms with E-state index in [0.29, 0.717) is 36.3 Å². The van der Waals surface area contributed by atoms with Crippen molar-refractivity contribution in [3.8, 4) is 11.5 Å². The lowest BCUT2D eigenvalue weighted by atomic mass is 10.2. The molecule has 0 amide bonds. The Morgan fingerprint density at radius 3 is 2.54 bits per heavy atom. The first-order valence-electron chi connectivity index (χ1n) is 8.06. The van der Waals surface area contributed by atoms with E-state index in [0.717, 1.165) is 11.1 Å². The van der Waals surface area contributed by atoms with Gasteiger partial charge in [0, 0.05) is 5.02 Å². The molecule has 0 radical (unpaired) electrons. The Morgan fingerprint density at radius 2 is 1.85 bits per heavy atom. The maximum absolute atomic E-state index is 5.90. The van der Waals surface area contributed by atoms with Crippen molar-refractivity contribution in [2.75, 3.05) is 17.8 Å². The fourth-order valence-corrected chi connectivity index (χ4v) is 2.39. The van der Waals surface area contributed by atoms with Crippen LogP contribution in [-0.2, 0) is 13.2 Å². The minimum absolute atomic E-state index is 0.193. The van der Waals surface area contributed by atoms with Crippen LogP contribution in [0.4, 0.5) is 5.95 Å². The van der Waals surface area contributed by atoms with Gasteiger partial charge in [-0.25, -0.2) is 0 Å². The molecule has 9 heteroatoms. The summed E-state index contributed by atoms with van der Waals surface area (Å²) in [6, 6.07) is 13.3. The highest BCUT2D eigenvalue weighted by molar-refractivity contribution is 6.30. The lowest BCUT2D eigenvalue weighted by Gasteiger charge is -2.14. The number of nitrogens with zero attached hydrogens (tertiary/aromatic N) is 4. The molecule has 0 spiro atoms. The van der Waals surface area contributed by atoms with Gasteiger partial charge in [-0.3, -0.25) is 0 Å². The van der Waals surface area contributed by atoms with Gasteiger partial charge in [0.2, 0.25) is 0 Å². The fourth-order valence-electron chi connectivity index (χ4n) is 2.26. The number of nitrogens with one attached hydrogen (secondary N) is 1. The van der Waals surface area contributed by atoms with Crippen molar-refractivity contribution in [1.82, 2.24) is 20.3 Å². The van der Waals surface area contributed by atoms with Crippen LogP contribution >= 0.6 is 11.6 Å². The number of aromatic nitrogens is 4. The number of nitrogen functional groups attached to an aromatic ring is 1. The fraction of sp³-hybridized carbons (Fsp3) is 0.235. The number of anilines is 1. The number of nitrogens with two attached hydrogens (primary N) is 1. The number of tetrazole rings is 1. The molecule has 3 N–H and O–H groups in total. The van der Waals surface area contributed by atoms with Crippen molar-refractivity contribution in [2.45, 2.75) is 20.1 Å². The maximum atomic E-state index is 5.90. The Labute approximate surface area is 155 Å². The van der Waals surface area contributed by atoms with Crippen LogP contribution in [0.2, 0.25) is 5.02 Å². The molecule has 26 heavy (non-hydrogen) atoms. The summed E-state index contributed by atoms with van der Waals surface area (Å²) >= 11 is 5.90. The summed E-state index contributed by atoms with van der Waals surface area (Å²) in [5, 5.41) is 11.5. The van der Waals surface area contributed by atoms with E-state index >= 15 is 0 Å². The highest BCUT2D eigenvalue weighted by Gasteiger charge is 2.08. The van der Waals surface area contributed by atoms with E-state index in [2.05, 4.69) is 21.0 Å². The molecule has 8 nitrogen and oxygen atoms in total. The van der Waals surface area contributed by atoms with Crippen molar-refractivity contribution in [3.05, 3.63) is 58.6 Å². The molecule has 136 valence electrons. The van der Waals surface area contributed by atoms with Gasteiger partial charge in [0.25, 0.3) is 5.95 Å². The van der Waals surface area contributed by atoms with E-state index in [4.69, 9.17) is 26.8 Å². The SMILES string of the molecule is CCOc1cc(CNn2nnnc2N)ccc1OCc1ccc(Cl)cc1. The molecule has 0 unspecified atom stereocenters. The Bertz CT molecular complexity index is 853. The maximum Gasteiger partial charge on any atom is 0.260 e. The molecule has 0 bridgehead atoms. The van der Waals surface area contributed by atoms with Crippen LogP contribution in [0.5, 0.6) is 11.5 Å². The highest BCUT2D eigenvalue weighted by atomic mass is 35.5. The van der Waals surface area contributed by atoms with Crippen molar-refractivity contribution < 1.29 is 9.47 Å². The molecule has 3 aromatic rings. The molecule has 0 atom stereocenters. The molecule has 1 heterocycles. The molecule has 0 aliphatic rings. The number of hydrogen-bond acceptors (Lipinski definition) is 7. The van der Waals surface area contributed by atoms with Gasteiger partial charge in [-0.15, -0.1) is 4.79 Å². The Morgan fingerprint density at radius 1 is 1.08 bits per heavy atom. The summed E-state index contributed by atoms with van der Waals surface area (Å²) in [6.45, 7) is 3.37. The number of halogens is 1. The van der Waals surface area contributed by atoms with E-state index in [1.807, 2.05) is 49.4 Å². The summed E-state index contributed by atoms with van der Waals surface area (Å²) in [5.74, 6) is 1.54. The zero-order valence-electron chi connectivity index (χ0n) is 14.2. The van der Waals surface area contributed by atoms with E-state index in [-0.39, 0.29) is 5.95 Å². The summed E-state index contributed by atoms with van der Waals surface area (Å²) in [4.78, 5) is 1.31. The molecule has 0 saturated heterocycles. The average Bonchev–Trinajstić information content (AvgIpc) is 3.06. The molecule has 3 rings (SSSR count). The molecule has 2 aromatic carbocycles. The van der Waals surface area contributed by atoms with Crippen LogP contribution in [0.3, 0.4) is 0 Å². The van der Waals surface area contributed by atoms with Crippen LogP contribution in [0, 0.1) is 0 Å². The monoisotopic (exact) mass is 374 g/mol. The van der Waals surface area contributed by atoms with Gasteiger partial charge >= 0.3 is 0 Å². The van der Waals surface area contributed by atoms with Crippen molar-refractivity contribution in [2.24, 2.45) is 0 Å². The third-order valence-corrected chi connectivity index (χ3v) is 3.79. The van der Waals surface area contributed by atoms with Gasteiger partial charge in [-0.05, 0) is 52.7 Å². The van der Waals surface area contributed by atoms with Crippen LogP contribution in [0.25, 0.3) is 0 Å². The van der Waals surface area contributed by atoms with E-state index < -0.39 is 0 Å². The third kappa shape index (κ3) is 4.54. The largest absolute Gasteiger partial charge is 0.490 e. The number of benzene rings is 2. The first kappa shape index (κ1) is 17.8. The second-order valence-electron chi connectivity index (χ2n) is 5.41. The van der Waals surface area contributed by atoms with E-state index in [9.17, 15) is 0 Å². The molecule has 0 fully saturated rings. The van der Waals surface area contributed by atoms with Crippen LogP contribution in [0.1, 0.15) is 18.1 Å². The molecular formula is C17H19ClN6O2. The Kier molecular flexibility index (Phi) is 5.75. The minimum atomic E-state index is 0.193. The van der Waals surface area contributed by atoms with Gasteiger partial charge in [-0.1, -0.05) is 34.9 Å². The minimum Gasteiger partial charge on any atom is -0.490 e. The first-order valence-corrected chi connectivity index (χ1v) is 8.44. The predicted octanol–water partition coefficient (Wildman–Crippen LogP) is 2.63. The Hall–Kier alpha value is -3.00.